The zero-order chi connectivity index (χ0) is 19.8. The zero-order valence-corrected chi connectivity index (χ0v) is 16.8. The molecule has 0 aliphatic rings. The third kappa shape index (κ3) is 5.42. The third-order valence-corrected chi connectivity index (χ3v) is 5.19. The number of benzene rings is 3. The van der Waals surface area contributed by atoms with Crippen molar-refractivity contribution in [2.75, 3.05) is 10.9 Å². The summed E-state index contributed by atoms with van der Waals surface area (Å²) in [5.74, 6) is 0.716. The first-order valence-corrected chi connectivity index (χ1v) is 10.0. The minimum atomic E-state index is -0.619. The van der Waals surface area contributed by atoms with Gasteiger partial charge in [-0.3, -0.25) is 0 Å². The second-order valence-corrected chi connectivity index (χ2v) is 7.20. The summed E-state index contributed by atoms with van der Waals surface area (Å²) in [4.78, 5) is 11.2. The first-order chi connectivity index (χ1) is 13.6. The molecule has 0 heterocycles. The number of anilines is 1. The minimum absolute atomic E-state index is 0.600. The summed E-state index contributed by atoms with van der Waals surface area (Å²) >= 11 is 4.07. The lowest BCUT2D eigenvalue weighted by Crippen LogP contribution is -2.27. The molecule has 0 radical (unpaired) electrons. The molecule has 0 atom stereocenters. The second-order valence-electron chi connectivity index (χ2n) is 6.80. The topological polar surface area (TPSA) is 55.6 Å². The molecule has 2 N–H and O–H groups in total. The lowest BCUT2D eigenvalue weighted by molar-refractivity contribution is 0.257. The standard InChI is InChI=1S/C23H26N2O2S/c24-23(26)25(28)20-13-8-14-21(17-20)27-16-6-2-1-3-9-18-11-7-12-19-10-4-5-15-22(18)19/h4-5,7-8,10-15,17,28H,1-3,6,9,16H2,(H2,24,26). The van der Waals surface area contributed by atoms with Crippen LogP contribution in [0.2, 0.25) is 0 Å². The Bertz CT molecular complexity index is 924. The molecule has 3 aromatic rings. The summed E-state index contributed by atoms with van der Waals surface area (Å²) in [6.45, 7) is 0.654. The van der Waals surface area contributed by atoms with Crippen LogP contribution in [0.15, 0.2) is 66.7 Å². The van der Waals surface area contributed by atoms with Crippen LogP contribution < -0.4 is 14.8 Å². The maximum atomic E-state index is 11.2. The van der Waals surface area contributed by atoms with Crippen LogP contribution in [0.4, 0.5) is 10.5 Å². The number of primary amides is 1. The highest BCUT2D eigenvalue weighted by Crippen LogP contribution is 2.23. The number of hydrogen-bond donors (Lipinski definition) is 2. The van der Waals surface area contributed by atoms with E-state index in [1.54, 1.807) is 12.1 Å². The number of urea groups is 1. The van der Waals surface area contributed by atoms with Crippen LogP contribution in [0.5, 0.6) is 5.75 Å². The number of carbonyl (C=O) groups excluding carboxylic acids is 1. The summed E-state index contributed by atoms with van der Waals surface area (Å²) in [7, 11) is 0. The van der Waals surface area contributed by atoms with Gasteiger partial charge in [-0.2, -0.15) is 0 Å². The van der Waals surface area contributed by atoms with Gasteiger partial charge in [-0.25, -0.2) is 9.10 Å². The van der Waals surface area contributed by atoms with Gasteiger partial charge in [-0.05, 0) is 47.7 Å². The molecule has 0 saturated heterocycles. The van der Waals surface area contributed by atoms with Crippen LogP contribution in [0, 0.1) is 0 Å². The van der Waals surface area contributed by atoms with Gasteiger partial charge in [0.05, 0.1) is 12.3 Å². The van der Waals surface area contributed by atoms with Crippen molar-refractivity contribution in [2.24, 2.45) is 5.73 Å². The number of thiol groups is 1. The van der Waals surface area contributed by atoms with Crippen molar-refractivity contribution < 1.29 is 9.53 Å². The summed E-state index contributed by atoms with van der Waals surface area (Å²) in [6, 6.07) is 21.7. The molecule has 0 aliphatic carbocycles. The molecular formula is C23H26N2O2S. The Morgan fingerprint density at radius 2 is 1.68 bits per heavy atom. The molecule has 2 amide bonds. The van der Waals surface area contributed by atoms with Gasteiger partial charge in [-0.15, -0.1) is 0 Å². The normalized spacial score (nSPS) is 10.8. The first-order valence-electron chi connectivity index (χ1n) is 9.63. The molecule has 0 aliphatic heterocycles. The van der Waals surface area contributed by atoms with Gasteiger partial charge >= 0.3 is 6.03 Å². The van der Waals surface area contributed by atoms with Crippen molar-refractivity contribution in [1.29, 1.82) is 0 Å². The Hall–Kier alpha value is -2.66. The van der Waals surface area contributed by atoms with Crippen molar-refractivity contribution in [3.05, 3.63) is 72.3 Å². The summed E-state index contributed by atoms with van der Waals surface area (Å²) in [6.07, 6.45) is 5.59. The van der Waals surface area contributed by atoms with Crippen molar-refractivity contribution in [1.82, 2.24) is 0 Å². The highest BCUT2D eigenvalue weighted by Gasteiger charge is 2.08. The van der Waals surface area contributed by atoms with Gasteiger partial charge < -0.3 is 10.5 Å². The molecule has 5 heteroatoms. The Kier molecular flexibility index (Phi) is 7.20. The molecule has 0 unspecified atom stereocenters. The van der Waals surface area contributed by atoms with E-state index >= 15 is 0 Å². The molecule has 0 fully saturated rings. The zero-order valence-electron chi connectivity index (χ0n) is 15.9. The number of unbranched alkanes of at least 4 members (excludes halogenated alkanes) is 3. The van der Waals surface area contributed by atoms with Crippen molar-refractivity contribution in [3.8, 4) is 5.75 Å². The predicted octanol–water partition coefficient (Wildman–Crippen LogP) is 5.75. The van der Waals surface area contributed by atoms with Crippen LogP contribution in [-0.2, 0) is 6.42 Å². The largest absolute Gasteiger partial charge is 0.494 e. The van der Waals surface area contributed by atoms with Gasteiger partial charge in [-0.1, -0.05) is 74.2 Å². The van der Waals surface area contributed by atoms with Gasteiger partial charge in [0, 0.05) is 6.07 Å². The number of nitrogens with zero attached hydrogens (tertiary/aromatic N) is 1. The van der Waals surface area contributed by atoms with Crippen LogP contribution in [-0.4, -0.2) is 12.6 Å². The molecular weight excluding hydrogens is 368 g/mol. The molecule has 28 heavy (non-hydrogen) atoms. The molecule has 4 nitrogen and oxygen atoms in total. The fourth-order valence-electron chi connectivity index (χ4n) is 3.30. The van der Waals surface area contributed by atoms with Gasteiger partial charge in [0.25, 0.3) is 0 Å². The average Bonchev–Trinajstić information content (AvgIpc) is 2.72. The SMILES string of the molecule is NC(=O)N(S)c1cccc(OCCCCCCc2cccc3ccccc23)c1. The van der Waals surface area contributed by atoms with Crippen LogP contribution in [0.1, 0.15) is 31.2 Å². The molecule has 0 saturated carbocycles. The lowest BCUT2D eigenvalue weighted by atomic mass is 9.99. The Morgan fingerprint density at radius 1 is 0.929 bits per heavy atom. The maximum Gasteiger partial charge on any atom is 0.329 e. The van der Waals surface area contributed by atoms with Crippen molar-refractivity contribution in [2.45, 2.75) is 32.1 Å². The van der Waals surface area contributed by atoms with E-state index in [4.69, 9.17) is 10.5 Å². The molecule has 146 valence electrons. The fourth-order valence-corrected chi connectivity index (χ4v) is 3.43. The van der Waals surface area contributed by atoms with Gasteiger partial charge in [0.15, 0.2) is 0 Å². The minimum Gasteiger partial charge on any atom is -0.494 e. The number of nitrogens with two attached hydrogens (primary N) is 1. The Morgan fingerprint density at radius 3 is 2.54 bits per heavy atom. The highest BCUT2D eigenvalue weighted by molar-refractivity contribution is 7.82. The monoisotopic (exact) mass is 394 g/mol. The van der Waals surface area contributed by atoms with E-state index in [2.05, 4.69) is 55.3 Å². The molecule has 0 bridgehead atoms. The molecule has 0 spiro atoms. The van der Waals surface area contributed by atoms with Crippen molar-refractivity contribution in [3.63, 3.8) is 0 Å². The average molecular weight is 395 g/mol. The van der Waals surface area contributed by atoms with Crippen LogP contribution >= 0.6 is 12.8 Å². The third-order valence-electron chi connectivity index (χ3n) is 4.76. The second kappa shape index (κ2) is 10.0. The molecule has 3 rings (SSSR count). The molecule has 0 aromatic heterocycles. The van der Waals surface area contributed by atoms with Crippen molar-refractivity contribution >= 4 is 35.3 Å². The predicted molar refractivity (Wildman–Crippen MR) is 119 cm³/mol. The van der Waals surface area contributed by atoms with E-state index < -0.39 is 6.03 Å². The Labute approximate surface area is 171 Å². The van der Waals surface area contributed by atoms with Crippen LogP contribution in [0.3, 0.4) is 0 Å². The number of amides is 2. The van der Waals surface area contributed by atoms with E-state index in [0.29, 0.717) is 18.0 Å². The van der Waals surface area contributed by atoms with E-state index in [9.17, 15) is 4.79 Å². The first kappa shape index (κ1) is 20.1. The Balaban J connectivity index is 1.37. The fraction of sp³-hybridized carbons (Fsp3) is 0.261. The highest BCUT2D eigenvalue weighted by atomic mass is 32.1. The summed E-state index contributed by atoms with van der Waals surface area (Å²) < 4.78 is 6.88. The number of carbonyl (C=O) groups is 1. The number of hydrogen-bond acceptors (Lipinski definition) is 3. The smallest absolute Gasteiger partial charge is 0.329 e. The summed E-state index contributed by atoms with van der Waals surface area (Å²) in [5.41, 5.74) is 7.26. The van der Waals surface area contributed by atoms with E-state index in [-0.39, 0.29) is 0 Å². The van der Waals surface area contributed by atoms with Crippen LogP contribution in [0.25, 0.3) is 10.8 Å². The lowest BCUT2D eigenvalue weighted by Gasteiger charge is -2.14. The molecule has 3 aromatic carbocycles. The number of ether oxygens (including phenoxy) is 1. The number of rotatable bonds is 9. The van der Waals surface area contributed by atoms with Gasteiger partial charge in [0.1, 0.15) is 5.75 Å². The van der Waals surface area contributed by atoms with E-state index in [1.165, 1.54) is 29.2 Å². The van der Waals surface area contributed by atoms with E-state index in [0.717, 1.165) is 23.6 Å². The maximum absolute atomic E-state index is 11.2. The number of aryl methyl sites for hydroxylation is 1. The quantitative estimate of drug-likeness (QED) is 0.358. The van der Waals surface area contributed by atoms with E-state index in [1.807, 2.05) is 12.1 Å². The van der Waals surface area contributed by atoms with Gasteiger partial charge in [0.2, 0.25) is 0 Å². The summed E-state index contributed by atoms with van der Waals surface area (Å²) in [5, 5.41) is 2.68. The number of fused-ring (bicyclic) bond motifs is 1.